The van der Waals surface area contributed by atoms with Crippen molar-refractivity contribution in [2.24, 2.45) is 0 Å². The first-order valence-corrected chi connectivity index (χ1v) is 6.41. The van der Waals surface area contributed by atoms with Crippen molar-refractivity contribution in [1.82, 2.24) is 15.0 Å². The number of anilines is 1. The second-order valence-electron chi connectivity index (χ2n) is 4.18. The second kappa shape index (κ2) is 5.97. The van der Waals surface area contributed by atoms with Crippen molar-refractivity contribution in [1.29, 1.82) is 0 Å². The molecule has 0 spiro atoms. The molecule has 0 amide bonds. The number of nitrogens with zero attached hydrogens (tertiary/aromatic N) is 3. The Kier molecular flexibility index (Phi) is 3.68. The van der Waals surface area contributed by atoms with E-state index < -0.39 is 0 Å². The molecule has 0 saturated carbocycles. The van der Waals surface area contributed by atoms with E-state index in [0.717, 1.165) is 17.1 Å². The van der Waals surface area contributed by atoms with Gasteiger partial charge in [-0.15, -0.1) is 0 Å². The standard InChI is InChI=1S/C15H14N4O/c1-2-4-12(5-3-1)20-11-10-17-14-7-6-13-15(19-14)18-9-8-16-13/h1-9H,10-11H2,(H,17,18,19). The first-order valence-electron chi connectivity index (χ1n) is 6.41. The number of rotatable bonds is 5. The van der Waals surface area contributed by atoms with E-state index in [1.165, 1.54) is 0 Å². The third-order valence-corrected chi connectivity index (χ3v) is 2.75. The number of pyridine rings is 1. The average Bonchev–Trinajstić information content (AvgIpc) is 2.52. The zero-order valence-corrected chi connectivity index (χ0v) is 10.9. The smallest absolute Gasteiger partial charge is 0.180 e. The average molecular weight is 266 g/mol. The molecule has 100 valence electrons. The fourth-order valence-corrected chi connectivity index (χ4v) is 1.82. The van der Waals surface area contributed by atoms with Crippen molar-refractivity contribution in [3.63, 3.8) is 0 Å². The van der Waals surface area contributed by atoms with Gasteiger partial charge in [0, 0.05) is 12.4 Å². The summed E-state index contributed by atoms with van der Waals surface area (Å²) in [7, 11) is 0. The maximum absolute atomic E-state index is 5.60. The lowest BCUT2D eigenvalue weighted by atomic mass is 10.3. The van der Waals surface area contributed by atoms with Gasteiger partial charge in [-0.3, -0.25) is 4.98 Å². The van der Waals surface area contributed by atoms with Gasteiger partial charge in [-0.1, -0.05) is 18.2 Å². The molecule has 0 unspecified atom stereocenters. The fraction of sp³-hybridized carbons (Fsp3) is 0.133. The van der Waals surface area contributed by atoms with Crippen LogP contribution in [0.25, 0.3) is 11.2 Å². The third-order valence-electron chi connectivity index (χ3n) is 2.75. The number of fused-ring (bicyclic) bond motifs is 1. The molecule has 0 bridgehead atoms. The molecule has 1 N–H and O–H groups in total. The SMILES string of the molecule is c1ccc(OCCNc2ccc3nccnc3n2)cc1. The molecule has 0 fully saturated rings. The highest BCUT2D eigenvalue weighted by Gasteiger charge is 1.99. The molecule has 0 radical (unpaired) electrons. The predicted molar refractivity (Wildman–Crippen MR) is 77.8 cm³/mol. The van der Waals surface area contributed by atoms with Crippen LogP contribution in [0.5, 0.6) is 5.75 Å². The van der Waals surface area contributed by atoms with Crippen molar-refractivity contribution in [2.45, 2.75) is 0 Å². The van der Waals surface area contributed by atoms with E-state index in [4.69, 9.17) is 4.74 Å². The molecule has 0 aliphatic carbocycles. The van der Waals surface area contributed by atoms with Crippen LogP contribution in [0, 0.1) is 0 Å². The summed E-state index contributed by atoms with van der Waals surface area (Å²) < 4.78 is 5.60. The number of aromatic nitrogens is 3. The van der Waals surface area contributed by atoms with Gasteiger partial charge < -0.3 is 10.1 Å². The summed E-state index contributed by atoms with van der Waals surface area (Å²) in [6, 6.07) is 13.5. The summed E-state index contributed by atoms with van der Waals surface area (Å²) in [6.07, 6.45) is 3.29. The maximum atomic E-state index is 5.60. The molecule has 2 aromatic heterocycles. The quantitative estimate of drug-likeness (QED) is 0.719. The minimum atomic E-state index is 0.574. The third kappa shape index (κ3) is 3.00. The Morgan fingerprint density at radius 2 is 1.80 bits per heavy atom. The number of benzene rings is 1. The second-order valence-corrected chi connectivity index (χ2v) is 4.18. The Bertz CT molecular complexity index is 688. The molecule has 0 aliphatic heterocycles. The van der Waals surface area contributed by atoms with E-state index in [0.29, 0.717) is 18.8 Å². The molecule has 0 saturated heterocycles. The van der Waals surface area contributed by atoms with Crippen molar-refractivity contribution in [3.8, 4) is 5.75 Å². The van der Waals surface area contributed by atoms with Crippen LogP contribution in [-0.2, 0) is 0 Å². The first-order chi connectivity index (χ1) is 9.92. The highest BCUT2D eigenvalue weighted by Crippen LogP contribution is 2.10. The Labute approximate surface area is 116 Å². The van der Waals surface area contributed by atoms with Gasteiger partial charge >= 0.3 is 0 Å². The molecular formula is C15H14N4O. The summed E-state index contributed by atoms with van der Waals surface area (Å²) in [6.45, 7) is 1.25. The number of para-hydroxylation sites is 1. The molecule has 5 heteroatoms. The number of hydrogen-bond donors (Lipinski definition) is 1. The number of nitrogens with one attached hydrogen (secondary N) is 1. The van der Waals surface area contributed by atoms with Gasteiger partial charge in [0.25, 0.3) is 0 Å². The Morgan fingerprint density at radius 3 is 2.70 bits per heavy atom. The van der Waals surface area contributed by atoms with Gasteiger partial charge in [0.2, 0.25) is 0 Å². The Balaban J connectivity index is 1.55. The van der Waals surface area contributed by atoms with Crippen LogP contribution in [0.1, 0.15) is 0 Å². The lowest BCUT2D eigenvalue weighted by Gasteiger charge is -2.08. The van der Waals surface area contributed by atoms with Gasteiger partial charge in [0.1, 0.15) is 23.7 Å². The fourth-order valence-electron chi connectivity index (χ4n) is 1.82. The number of hydrogen-bond acceptors (Lipinski definition) is 5. The minimum Gasteiger partial charge on any atom is -0.492 e. The molecule has 3 rings (SSSR count). The normalized spacial score (nSPS) is 10.4. The summed E-state index contributed by atoms with van der Waals surface area (Å²) in [5.41, 5.74) is 1.43. The zero-order chi connectivity index (χ0) is 13.6. The Morgan fingerprint density at radius 1 is 0.950 bits per heavy atom. The molecular weight excluding hydrogens is 252 g/mol. The van der Waals surface area contributed by atoms with Gasteiger partial charge in [-0.05, 0) is 24.3 Å². The largest absolute Gasteiger partial charge is 0.492 e. The van der Waals surface area contributed by atoms with E-state index in [1.807, 2.05) is 42.5 Å². The summed E-state index contributed by atoms with van der Waals surface area (Å²) in [4.78, 5) is 12.7. The van der Waals surface area contributed by atoms with E-state index in [9.17, 15) is 0 Å². The predicted octanol–water partition coefficient (Wildman–Crippen LogP) is 2.52. The number of ether oxygens (including phenoxy) is 1. The van der Waals surface area contributed by atoms with Gasteiger partial charge in [0.05, 0.1) is 6.54 Å². The van der Waals surface area contributed by atoms with Crippen LogP contribution >= 0.6 is 0 Å². The van der Waals surface area contributed by atoms with Crippen LogP contribution in [0.4, 0.5) is 5.82 Å². The summed E-state index contributed by atoms with van der Waals surface area (Å²) in [5.74, 6) is 1.64. The topological polar surface area (TPSA) is 59.9 Å². The lowest BCUT2D eigenvalue weighted by molar-refractivity contribution is 0.333. The lowest BCUT2D eigenvalue weighted by Crippen LogP contribution is -2.12. The van der Waals surface area contributed by atoms with Gasteiger partial charge in [0.15, 0.2) is 5.65 Å². The monoisotopic (exact) mass is 266 g/mol. The van der Waals surface area contributed by atoms with E-state index in [2.05, 4.69) is 20.3 Å². The molecule has 2 heterocycles. The van der Waals surface area contributed by atoms with Crippen LogP contribution in [0.2, 0.25) is 0 Å². The molecule has 5 nitrogen and oxygen atoms in total. The Hall–Kier alpha value is -2.69. The highest BCUT2D eigenvalue weighted by atomic mass is 16.5. The molecule has 1 aromatic carbocycles. The highest BCUT2D eigenvalue weighted by molar-refractivity contribution is 5.71. The van der Waals surface area contributed by atoms with Crippen molar-refractivity contribution in [3.05, 3.63) is 54.9 Å². The summed E-state index contributed by atoms with van der Waals surface area (Å²) in [5, 5.41) is 3.20. The van der Waals surface area contributed by atoms with Crippen LogP contribution in [0.3, 0.4) is 0 Å². The molecule has 20 heavy (non-hydrogen) atoms. The zero-order valence-electron chi connectivity index (χ0n) is 10.9. The van der Waals surface area contributed by atoms with Crippen molar-refractivity contribution >= 4 is 17.0 Å². The van der Waals surface area contributed by atoms with Gasteiger partial charge in [-0.25, -0.2) is 9.97 Å². The van der Waals surface area contributed by atoms with E-state index in [1.54, 1.807) is 12.4 Å². The maximum Gasteiger partial charge on any atom is 0.180 e. The molecule has 3 aromatic rings. The van der Waals surface area contributed by atoms with Crippen molar-refractivity contribution in [2.75, 3.05) is 18.5 Å². The van der Waals surface area contributed by atoms with Crippen LogP contribution in [-0.4, -0.2) is 28.1 Å². The molecule has 0 atom stereocenters. The van der Waals surface area contributed by atoms with E-state index >= 15 is 0 Å². The van der Waals surface area contributed by atoms with Crippen LogP contribution in [0.15, 0.2) is 54.9 Å². The first kappa shape index (κ1) is 12.3. The summed E-state index contributed by atoms with van der Waals surface area (Å²) >= 11 is 0. The van der Waals surface area contributed by atoms with E-state index in [-0.39, 0.29) is 0 Å². The van der Waals surface area contributed by atoms with Crippen molar-refractivity contribution < 1.29 is 4.74 Å². The van der Waals surface area contributed by atoms with Crippen LogP contribution < -0.4 is 10.1 Å². The minimum absolute atomic E-state index is 0.574. The van der Waals surface area contributed by atoms with Gasteiger partial charge in [-0.2, -0.15) is 0 Å². The molecule has 0 aliphatic rings.